The smallest absolute Gasteiger partial charge is 0.318 e. The number of carbonyl (C=O) groups is 2. The zero-order chi connectivity index (χ0) is 20.3. The van der Waals surface area contributed by atoms with E-state index in [4.69, 9.17) is 9.84 Å². The molecule has 154 valence electrons. The maximum Gasteiger partial charge on any atom is 0.318 e. The van der Waals surface area contributed by atoms with Gasteiger partial charge >= 0.3 is 12.0 Å². The number of hydrogen-bond donors (Lipinski definition) is 2. The Kier molecular flexibility index (Phi) is 6.25. The average Bonchev–Trinajstić information content (AvgIpc) is 2.63. The van der Waals surface area contributed by atoms with Crippen molar-refractivity contribution in [1.82, 2.24) is 15.1 Å². The van der Waals surface area contributed by atoms with E-state index in [0.29, 0.717) is 26.2 Å². The number of carboxylic acid groups (broad SMARTS) is 1. The normalized spacial score (nSPS) is 23.9. The van der Waals surface area contributed by atoms with Gasteiger partial charge in [0, 0.05) is 19.6 Å². The molecule has 0 bridgehead atoms. The summed E-state index contributed by atoms with van der Waals surface area (Å²) in [5.41, 5.74) is 2.50. The molecular formula is C21H31N3O4. The number of morpholine rings is 1. The minimum atomic E-state index is -0.869. The number of nitrogens with zero attached hydrogens (tertiary/aromatic N) is 2. The lowest BCUT2D eigenvalue weighted by molar-refractivity contribution is -0.138. The van der Waals surface area contributed by atoms with E-state index in [2.05, 4.69) is 37.4 Å². The van der Waals surface area contributed by atoms with Crippen molar-refractivity contribution in [3.8, 4) is 0 Å². The monoisotopic (exact) mass is 389 g/mol. The number of amides is 2. The molecule has 7 heteroatoms. The number of carbonyl (C=O) groups excluding carboxylic acids is 1. The molecule has 0 aromatic heterocycles. The third-order valence-corrected chi connectivity index (χ3v) is 5.80. The first kappa shape index (κ1) is 20.6. The fourth-order valence-electron chi connectivity index (χ4n) is 4.21. The quantitative estimate of drug-likeness (QED) is 0.806. The van der Waals surface area contributed by atoms with Gasteiger partial charge in [0.1, 0.15) is 0 Å². The Bertz CT molecular complexity index is 721. The van der Waals surface area contributed by atoms with Crippen LogP contribution in [-0.4, -0.2) is 72.8 Å². The molecule has 1 aromatic rings. The predicted octanol–water partition coefficient (Wildman–Crippen LogP) is 2.13. The fraction of sp³-hybridized carbons (Fsp3) is 0.619. The molecule has 0 radical (unpaired) electrons. The number of hydrogen-bond acceptors (Lipinski definition) is 4. The van der Waals surface area contributed by atoms with Crippen LogP contribution in [0.1, 0.15) is 37.4 Å². The number of nitrogens with one attached hydrogen (secondary N) is 1. The molecule has 0 saturated carbocycles. The van der Waals surface area contributed by atoms with E-state index in [9.17, 15) is 9.59 Å². The average molecular weight is 389 g/mol. The molecule has 2 atom stereocenters. The molecule has 1 saturated heterocycles. The summed E-state index contributed by atoms with van der Waals surface area (Å²) >= 11 is 0. The van der Waals surface area contributed by atoms with Gasteiger partial charge in [0.2, 0.25) is 0 Å². The highest BCUT2D eigenvalue weighted by molar-refractivity contribution is 5.75. The summed E-state index contributed by atoms with van der Waals surface area (Å²) in [6.07, 6.45) is 1.88. The minimum absolute atomic E-state index is 0.0165. The Morgan fingerprint density at radius 1 is 1.36 bits per heavy atom. The second kappa shape index (κ2) is 8.49. The Hall–Kier alpha value is -2.12. The molecule has 2 unspecified atom stereocenters. The molecule has 2 N–H and O–H groups in total. The molecule has 1 aliphatic carbocycles. The number of fused-ring (bicyclic) bond motifs is 1. The van der Waals surface area contributed by atoms with Gasteiger partial charge in [0.25, 0.3) is 0 Å². The molecule has 7 nitrogen and oxygen atoms in total. The highest BCUT2D eigenvalue weighted by Crippen LogP contribution is 2.43. The highest BCUT2D eigenvalue weighted by Gasteiger charge is 2.38. The Morgan fingerprint density at radius 3 is 2.86 bits per heavy atom. The van der Waals surface area contributed by atoms with E-state index in [1.807, 2.05) is 6.07 Å². The van der Waals surface area contributed by atoms with E-state index in [0.717, 1.165) is 12.8 Å². The van der Waals surface area contributed by atoms with Crippen molar-refractivity contribution in [2.45, 2.75) is 38.8 Å². The molecule has 1 aromatic carbocycles. The number of carboxylic acids is 1. The van der Waals surface area contributed by atoms with Gasteiger partial charge in [-0.05, 0) is 36.4 Å². The first-order chi connectivity index (χ1) is 13.3. The van der Waals surface area contributed by atoms with Gasteiger partial charge in [-0.1, -0.05) is 38.1 Å². The van der Waals surface area contributed by atoms with Crippen LogP contribution in [0.2, 0.25) is 0 Å². The number of urea groups is 1. The maximum absolute atomic E-state index is 13.0. The van der Waals surface area contributed by atoms with Gasteiger partial charge in [-0.15, -0.1) is 0 Å². The number of rotatable bonds is 5. The van der Waals surface area contributed by atoms with E-state index in [-0.39, 0.29) is 30.1 Å². The summed E-state index contributed by atoms with van der Waals surface area (Å²) < 4.78 is 5.74. The topological polar surface area (TPSA) is 82.1 Å². The van der Waals surface area contributed by atoms with Crippen molar-refractivity contribution in [3.05, 3.63) is 35.4 Å². The van der Waals surface area contributed by atoms with Crippen molar-refractivity contribution < 1.29 is 19.4 Å². The third kappa shape index (κ3) is 4.83. The van der Waals surface area contributed by atoms with Gasteiger partial charge in [0.15, 0.2) is 0 Å². The van der Waals surface area contributed by atoms with E-state index in [1.165, 1.54) is 11.1 Å². The summed E-state index contributed by atoms with van der Waals surface area (Å²) in [6.45, 7) is 6.31. The fourth-order valence-corrected chi connectivity index (χ4v) is 4.21. The second-order valence-electron chi connectivity index (χ2n) is 8.60. The van der Waals surface area contributed by atoms with E-state index >= 15 is 0 Å². The predicted molar refractivity (Wildman–Crippen MR) is 106 cm³/mol. The number of likely N-dealkylation sites (N-methyl/N-ethyl adjacent to an activating group) is 1. The molecular weight excluding hydrogens is 358 g/mol. The standard InChI is InChI=1S/C21H31N3O4/c1-21(2)9-8-15-6-4-5-7-17(15)19(21)22-20(27)24-10-11-28-16(13-24)12-23(3)14-18(25)26/h4-7,16,19H,8-14H2,1-3H3,(H,22,27)(H,25,26). The number of aryl methyl sites for hydroxylation is 1. The zero-order valence-electron chi connectivity index (χ0n) is 17.0. The summed E-state index contributed by atoms with van der Waals surface area (Å²) in [4.78, 5) is 27.4. The maximum atomic E-state index is 13.0. The van der Waals surface area contributed by atoms with Crippen molar-refractivity contribution in [2.24, 2.45) is 5.41 Å². The largest absolute Gasteiger partial charge is 0.480 e. The van der Waals surface area contributed by atoms with Gasteiger partial charge in [-0.25, -0.2) is 4.79 Å². The van der Waals surface area contributed by atoms with Crippen LogP contribution in [-0.2, 0) is 16.0 Å². The first-order valence-electron chi connectivity index (χ1n) is 9.91. The van der Waals surface area contributed by atoms with E-state index in [1.54, 1.807) is 16.8 Å². The minimum Gasteiger partial charge on any atom is -0.480 e. The molecule has 1 heterocycles. The number of benzene rings is 1. The van der Waals surface area contributed by atoms with Crippen LogP contribution >= 0.6 is 0 Å². The molecule has 2 amide bonds. The van der Waals surface area contributed by atoms with Gasteiger partial charge < -0.3 is 20.1 Å². The van der Waals surface area contributed by atoms with E-state index < -0.39 is 5.97 Å². The summed E-state index contributed by atoms with van der Waals surface area (Å²) in [5.74, 6) is -0.869. The Morgan fingerprint density at radius 2 is 2.11 bits per heavy atom. The van der Waals surface area contributed by atoms with Crippen LogP contribution < -0.4 is 5.32 Å². The molecule has 2 aliphatic rings. The number of ether oxygens (including phenoxy) is 1. The van der Waals surface area contributed by atoms with Crippen LogP contribution in [0.25, 0.3) is 0 Å². The molecule has 1 fully saturated rings. The molecule has 1 aliphatic heterocycles. The second-order valence-corrected chi connectivity index (χ2v) is 8.60. The summed E-state index contributed by atoms with van der Waals surface area (Å²) in [5, 5.41) is 12.2. The molecule has 28 heavy (non-hydrogen) atoms. The summed E-state index contributed by atoms with van der Waals surface area (Å²) in [7, 11) is 1.75. The first-order valence-corrected chi connectivity index (χ1v) is 9.91. The SMILES string of the molecule is CN(CC(=O)O)CC1CN(C(=O)NC2c3ccccc3CCC2(C)C)CCO1. The van der Waals surface area contributed by atoms with Crippen LogP contribution in [0, 0.1) is 5.41 Å². The van der Waals surface area contributed by atoms with Crippen LogP contribution in [0.15, 0.2) is 24.3 Å². The lowest BCUT2D eigenvalue weighted by atomic mass is 9.70. The molecule has 3 rings (SSSR count). The lowest BCUT2D eigenvalue weighted by Crippen LogP contribution is -2.54. The van der Waals surface area contributed by atoms with Gasteiger partial charge in [-0.3, -0.25) is 9.69 Å². The van der Waals surface area contributed by atoms with Crippen molar-refractivity contribution >= 4 is 12.0 Å². The van der Waals surface area contributed by atoms with Crippen LogP contribution in [0.3, 0.4) is 0 Å². The van der Waals surface area contributed by atoms with Crippen LogP contribution in [0.5, 0.6) is 0 Å². The highest BCUT2D eigenvalue weighted by atomic mass is 16.5. The molecule has 0 spiro atoms. The Labute approximate surface area is 166 Å². The zero-order valence-corrected chi connectivity index (χ0v) is 17.0. The van der Waals surface area contributed by atoms with Crippen molar-refractivity contribution in [1.29, 1.82) is 0 Å². The van der Waals surface area contributed by atoms with Gasteiger partial charge in [-0.2, -0.15) is 0 Å². The van der Waals surface area contributed by atoms with Crippen molar-refractivity contribution in [2.75, 3.05) is 39.8 Å². The van der Waals surface area contributed by atoms with Gasteiger partial charge in [0.05, 0.1) is 25.3 Å². The third-order valence-electron chi connectivity index (χ3n) is 5.80. The van der Waals surface area contributed by atoms with Crippen LogP contribution in [0.4, 0.5) is 4.79 Å². The number of aliphatic carboxylic acids is 1. The summed E-state index contributed by atoms with van der Waals surface area (Å²) in [6, 6.07) is 8.24. The van der Waals surface area contributed by atoms with Crippen molar-refractivity contribution in [3.63, 3.8) is 0 Å². The Balaban J connectivity index is 1.64. The lowest BCUT2D eigenvalue weighted by Gasteiger charge is -2.42.